The summed E-state index contributed by atoms with van der Waals surface area (Å²) in [5.41, 5.74) is 3.59. The number of aryl methyl sites for hydroxylation is 1. The third kappa shape index (κ3) is 5.36. The predicted molar refractivity (Wildman–Crippen MR) is 139 cm³/mol. The Kier molecular flexibility index (Phi) is 7.33. The quantitative estimate of drug-likeness (QED) is 0.292. The number of rotatable bonds is 4. The Labute approximate surface area is 194 Å². The molecule has 0 aromatic heterocycles. The number of hydrogen-bond acceptors (Lipinski definition) is 2. The van der Waals surface area contributed by atoms with Gasteiger partial charge < -0.3 is 0 Å². The lowest BCUT2D eigenvalue weighted by Gasteiger charge is -2.22. The molecule has 27 heavy (non-hydrogen) atoms. The average Bonchev–Trinajstić information content (AvgIpc) is 2.97. The highest BCUT2D eigenvalue weighted by Crippen LogP contribution is 2.40. The van der Waals surface area contributed by atoms with E-state index < -0.39 is 26.2 Å². The molecule has 1 aliphatic rings. The van der Waals surface area contributed by atoms with Gasteiger partial charge >= 0.3 is 0 Å². The van der Waals surface area contributed by atoms with E-state index in [1.165, 1.54) is 17.6 Å². The Hall–Kier alpha value is 0.504. The van der Waals surface area contributed by atoms with Crippen LogP contribution in [0.15, 0.2) is 46.7 Å². The van der Waals surface area contributed by atoms with Gasteiger partial charge in [0.2, 0.25) is 10.0 Å². The Bertz CT molecular complexity index is 855. The summed E-state index contributed by atoms with van der Waals surface area (Å²) in [6, 6.07) is 7.19. The number of halogens is 2. The molecule has 0 atom stereocenters. The second-order valence-electron chi connectivity index (χ2n) is 9.17. The van der Waals surface area contributed by atoms with Gasteiger partial charge in [0.25, 0.3) is 0 Å². The first-order chi connectivity index (χ1) is 12.2. The fraction of sp³-hybridized carbons (Fsp3) is 0.474. The summed E-state index contributed by atoms with van der Waals surface area (Å²) >= 11 is 4.96. The van der Waals surface area contributed by atoms with E-state index in [1.807, 2.05) is 19.1 Å². The number of nitrogens with zero attached hydrogens (tertiary/aromatic N) is 1. The van der Waals surface area contributed by atoms with Crippen molar-refractivity contribution >= 4 is 71.4 Å². The first kappa shape index (κ1) is 23.8. The smallest absolute Gasteiger partial charge is 0.207 e. The van der Waals surface area contributed by atoms with Crippen LogP contribution in [0, 0.1) is 6.92 Å². The zero-order valence-electron chi connectivity index (χ0n) is 17.2. The average molecular weight is 645 g/mol. The van der Waals surface area contributed by atoms with E-state index in [2.05, 4.69) is 84.5 Å². The minimum absolute atomic E-state index is 0.389. The van der Waals surface area contributed by atoms with E-state index in [4.69, 9.17) is 0 Å². The zero-order valence-corrected chi connectivity index (χ0v) is 24.3. The number of benzene rings is 1. The van der Waals surface area contributed by atoms with E-state index >= 15 is 0 Å². The monoisotopic (exact) mass is 645 g/mol. The lowest BCUT2D eigenvalue weighted by atomic mass is 10.2. The second-order valence-corrected chi connectivity index (χ2v) is 25.3. The molecule has 8 heteroatoms. The van der Waals surface area contributed by atoms with Gasteiger partial charge in [-0.25, -0.2) is 8.42 Å². The molecular weight excluding hydrogens is 616 g/mol. The summed E-state index contributed by atoms with van der Waals surface area (Å²) in [6.07, 6.45) is 0. The lowest BCUT2D eigenvalue weighted by molar-refractivity contribution is 0.489. The maximum Gasteiger partial charge on any atom is 0.243 e. The van der Waals surface area contributed by atoms with Crippen LogP contribution in [0.25, 0.3) is 0 Å². The van der Waals surface area contributed by atoms with E-state index in [0.29, 0.717) is 18.0 Å². The maximum atomic E-state index is 13.3. The molecule has 0 unspecified atom stereocenters. The molecule has 0 spiro atoms. The fourth-order valence-corrected chi connectivity index (χ4v) is 7.58. The molecule has 1 fully saturated rings. The number of sulfonamides is 1. The lowest BCUT2D eigenvalue weighted by Crippen LogP contribution is -2.29. The molecule has 1 aliphatic heterocycles. The van der Waals surface area contributed by atoms with Gasteiger partial charge in [-0.3, -0.25) is 0 Å². The summed E-state index contributed by atoms with van der Waals surface area (Å²) < 4.78 is 31.0. The largest absolute Gasteiger partial charge is 0.243 e. The number of hydrogen-bond donors (Lipinski definition) is 0. The van der Waals surface area contributed by atoms with Crippen LogP contribution >= 0.6 is 45.2 Å². The molecule has 0 aliphatic carbocycles. The summed E-state index contributed by atoms with van der Waals surface area (Å²) in [7, 11) is -6.54. The van der Waals surface area contributed by atoms with Gasteiger partial charge in [0.15, 0.2) is 0 Å². The fourth-order valence-electron chi connectivity index (χ4n) is 2.94. The van der Waals surface area contributed by atoms with Gasteiger partial charge in [0.1, 0.15) is 0 Å². The standard InChI is InChI=1S/C19H29I2NO2SSi2/c1-14-8-10-15(11-9-14)25(23,24)22-12-16(18(20)26(2,3)4)17(13-22)19(21)27(5,6)7/h8-11H,12-13H2,1-7H3/b18-16+,19-17+. The van der Waals surface area contributed by atoms with Gasteiger partial charge in [0.05, 0.1) is 21.0 Å². The maximum absolute atomic E-state index is 13.3. The summed E-state index contributed by atoms with van der Waals surface area (Å²) in [5.74, 6) is 0. The third-order valence-electron chi connectivity index (χ3n) is 4.54. The van der Waals surface area contributed by atoms with E-state index in [0.717, 1.165) is 5.56 Å². The van der Waals surface area contributed by atoms with Gasteiger partial charge in [-0.1, -0.05) is 102 Å². The highest BCUT2D eigenvalue weighted by molar-refractivity contribution is 14.1. The highest BCUT2D eigenvalue weighted by Gasteiger charge is 2.38. The Morgan fingerprint density at radius 2 is 1.22 bits per heavy atom. The van der Waals surface area contributed by atoms with Crippen molar-refractivity contribution in [3.05, 3.63) is 47.4 Å². The Morgan fingerprint density at radius 1 is 0.852 bits per heavy atom. The highest BCUT2D eigenvalue weighted by atomic mass is 127. The molecule has 3 nitrogen and oxygen atoms in total. The predicted octanol–water partition coefficient (Wildman–Crippen LogP) is 6.13. The van der Waals surface area contributed by atoms with Crippen LogP contribution in [-0.2, 0) is 10.0 Å². The van der Waals surface area contributed by atoms with Crippen LogP contribution in [0.2, 0.25) is 39.3 Å². The van der Waals surface area contributed by atoms with Crippen molar-refractivity contribution < 1.29 is 8.42 Å². The molecule has 1 saturated heterocycles. The molecule has 0 amide bonds. The van der Waals surface area contributed by atoms with Gasteiger partial charge in [-0.2, -0.15) is 4.31 Å². The molecule has 0 bridgehead atoms. The summed E-state index contributed by atoms with van der Waals surface area (Å²) in [4.78, 5) is 0.389. The van der Waals surface area contributed by atoms with Crippen molar-refractivity contribution in [2.75, 3.05) is 13.1 Å². The van der Waals surface area contributed by atoms with Crippen LogP contribution in [0.4, 0.5) is 0 Å². The van der Waals surface area contributed by atoms with Crippen LogP contribution in [0.1, 0.15) is 5.56 Å². The van der Waals surface area contributed by atoms with E-state index in [-0.39, 0.29) is 0 Å². The molecular formula is C19H29I2NO2SSi2. The molecule has 1 aromatic rings. The van der Waals surface area contributed by atoms with Crippen molar-refractivity contribution in [2.45, 2.75) is 51.1 Å². The first-order valence-electron chi connectivity index (χ1n) is 9.01. The Balaban J connectivity index is 2.60. The van der Waals surface area contributed by atoms with Gasteiger partial charge in [-0.15, -0.1) is 0 Å². The van der Waals surface area contributed by atoms with Crippen LogP contribution in [0.5, 0.6) is 0 Å². The van der Waals surface area contributed by atoms with Crippen molar-refractivity contribution in [1.29, 1.82) is 0 Å². The molecule has 0 saturated carbocycles. The molecule has 1 aromatic carbocycles. The normalized spacial score (nSPS) is 20.8. The van der Waals surface area contributed by atoms with E-state index in [9.17, 15) is 8.42 Å². The van der Waals surface area contributed by atoms with Crippen molar-refractivity contribution in [1.82, 2.24) is 4.31 Å². The molecule has 0 N–H and O–H groups in total. The third-order valence-corrected chi connectivity index (χ3v) is 20.6. The summed E-state index contributed by atoms with van der Waals surface area (Å²) in [6.45, 7) is 16.9. The van der Waals surface area contributed by atoms with Crippen molar-refractivity contribution in [2.24, 2.45) is 0 Å². The zero-order chi connectivity index (χ0) is 20.8. The minimum atomic E-state index is -3.49. The Morgan fingerprint density at radius 3 is 1.56 bits per heavy atom. The first-order valence-corrected chi connectivity index (χ1v) is 19.6. The van der Waals surface area contributed by atoms with Crippen LogP contribution < -0.4 is 0 Å². The molecule has 1 heterocycles. The molecule has 150 valence electrons. The summed E-state index contributed by atoms with van der Waals surface area (Å²) in [5, 5.41) is 0. The SMILES string of the molecule is Cc1ccc(S(=O)(=O)N2CC(=C(/I)[Si](C)(C)C)/C(=C(\I)[Si](C)(C)C)C2)cc1. The molecule has 2 rings (SSSR count). The van der Waals surface area contributed by atoms with Crippen LogP contribution in [-0.4, -0.2) is 42.0 Å². The molecule has 0 radical (unpaired) electrons. The van der Waals surface area contributed by atoms with Crippen molar-refractivity contribution in [3.63, 3.8) is 0 Å². The van der Waals surface area contributed by atoms with Gasteiger partial charge in [-0.05, 0) is 36.6 Å². The topological polar surface area (TPSA) is 37.4 Å². The van der Waals surface area contributed by atoms with Gasteiger partial charge in [0, 0.05) is 13.1 Å². The second kappa shape index (κ2) is 8.33. The minimum Gasteiger partial charge on any atom is -0.207 e. The van der Waals surface area contributed by atoms with E-state index in [1.54, 1.807) is 16.4 Å². The van der Waals surface area contributed by atoms with Crippen LogP contribution in [0.3, 0.4) is 0 Å². The van der Waals surface area contributed by atoms with Crippen molar-refractivity contribution in [3.8, 4) is 0 Å².